The predicted octanol–water partition coefficient (Wildman–Crippen LogP) is 0.983. The van der Waals surface area contributed by atoms with Gasteiger partial charge in [0.05, 0.1) is 12.0 Å². The number of rotatable bonds is 5. The highest BCUT2D eigenvalue weighted by atomic mass is 16.6. The van der Waals surface area contributed by atoms with E-state index in [-0.39, 0.29) is 17.3 Å². The normalized spacial score (nSPS) is 10.1. The number of nitrogen functional groups attached to an aromatic ring is 1. The summed E-state index contributed by atoms with van der Waals surface area (Å²) in [7, 11) is 1.52. The van der Waals surface area contributed by atoms with E-state index >= 15 is 0 Å². The Bertz CT molecular complexity index is 616. The lowest BCUT2D eigenvalue weighted by Crippen LogP contribution is -2.08. The Balaban J connectivity index is 2.14. The Kier molecular flexibility index (Phi) is 3.89. The van der Waals surface area contributed by atoms with Crippen molar-refractivity contribution in [3.8, 4) is 5.88 Å². The lowest BCUT2D eigenvalue weighted by atomic mass is 10.3. The van der Waals surface area contributed by atoms with Gasteiger partial charge in [0.2, 0.25) is 17.5 Å². The van der Waals surface area contributed by atoms with Crippen LogP contribution in [0.3, 0.4) is 0 Å². The first kappa shape index (κ1) is 13.5. The van der Waals surface area contributed by atoms with Crippen LogP contribution in [-0.2, 0) is 6.54 Å². The van der Waals surface area contributed by atoms with Crippen molar-refractivity contribution in [3.05, 3.63) is 40.3 Å². The number of pyridine rings is 1. The van der Waals surface area contributed by atoms with Gasteiger partial charge in [0.15, 0.2) is 0 Å². The fourth-order valence-electron chi connectivity index (χ4n) is 1.52. The van der Waals surface area contributed by atoms with Crippen molar-refractivity contribution in [2.45, 2.75) is 6.54 Å². The minimum atomic E-state index is -0.621. The fourth-order valence-corrected chi connectivity index (χ4v) is 1.52. The van der Waals surface area contributed by atoms with E-state index in [2.05, 4.69) is 20.3 Å². The Morgan fingerprint density at radius 2 is 2.20 bits per heavy atom. The number of hydrogen-bond acceptors (Lipinski definition) is 8. The van der Waals surface area contributed by atoms with Crippen LogP contribution < -0.4 is 15.8 Å². The second-order valence-electron chi connectivity index (χ2n) is 3.78. The van der Waals surface area contributed by atoms with Crippen LogP contribution in [0.15, 0.2) is 24.7 Å². The van der Waals surface area contributed by atoms with Gasteiger partial charge in [-0.3, -0.25) is 10.1 Å². The SMILES string of the molecule is COc1ccc(CNc2ncnc(N)c2[N+](=O)[O-])cn1. The van der Waals surface area contributed by atoms with E-state index in [0.29, 0.717) is 12.4 Å². The molecule has 0 atom stereocenters. The van der Waals surface area contributed by atoms with E-state index < -0.39 is 4.92 Å². The Morgan fingerprint density at radius 3 is 2.80 bits per heavy atom. The molecular weight excluding hydrogens is 264 g/mol. The van der Waals surface area contributed by atoms with Crippen LogP contribution in [0.5, 0.6) is 5.88 Å². The summed E-state index contributed by atoms with van der Waals surface area (Å²) in [6, 6.07) is 3.48. The number of hydrogen-bond donors (Lipinski definition) is 2. The first-order chi connectivity index (χ1) is 9.61. The quantitative estimate of drug-likeness (QED) is 0.610. The number of methoxy groups -OCH3 is 1. The minimum Gasteiger partial charge on any atom is -0.481 e. The van der Waals surface area contributed by atoms with E-state index in [4.69, 9.17) is 10.5 Å². The summed E-state index contributed by atoms with van der Waals surface area (Å²) in [4.78, 5) is 21.7. The van der Waals surface area contributed by atoms with Crippen molar-refractivity contribution in [3.63, 3.8) is 0 Å². The molecule has 0 saturated carbocycles. The molecule has 104 valence electrons. The largest absolute Gasteiger partial charge is 0.481 e. The van der Waals surface area contributed by atoms with Crippen molar-refractivity contribution in [2.24, 2.45) is 0 Å². The third kappa shape index (κ3) is 2.88. The van der Waals surface area contributed by atoms with Gasteiger partial charge in [0.25, 0.3) is 0 Å². The van der Waals surface area contributed by atoms with Crippen LogP contribution in [0.2, 0.25) is 0 Å². The molecule has 0 saturated heterocycles. The molecule has 0 fully saturated rings. The zero-order valence-corrected chi connectivity index (χ0v) is 10.6. The first-order valence-electron chi connectivity index (χ1n) is 5.59. The molecule has 0 aliphatic carbocycles. The van der Waals surface area contributed by atoms with Gasteiger partial charge < -0.3 is 15.8 Å². The highest BCUT2D eigenvalue weighted by molar-refractivity contribution is 5.67. The molecule has 0 spiro atoms. The standard InChI is InChI=1S/C11H12N6O3/c1-20-8-3-2-7(4-13-8)5-14-11-9(17(18)19)10(12)15-6-16-11/h2-4,6H,5H2,1H3,(H3,12,14,15,16). The molecule has 2 rings (SSSR count). The molecule has 2 heterocycles. The maximum absolute atomic E-state index is 10.9. The van der Waals surface area contributed by atoms with Gasteiger partial charge in [-0.2, -0.15) is 0 Å². The van der Waals surface area contributed by atoms with Gasteiger partial charge in [-0.15, -0.1) is 0 Å². The van der Waals surface area contributed by atoms with Crippen molar-refractivity contribution in [1.29, 1.82) is 0 Å². The molecule has 0 aliphatic rings. The number of aromatic nitrogens is 3. The summed E-state index contributed by atoms with van der Waals surface area (Å²) in [6.07, 6.45) is 2.76. The summed E-state index contributed by atoms with van der Waals surface area (Å²) in [5, 5.41) is 13.7. The van der Waals surface area contributed by atoms with E-state index in [1.54, 1.807) is 18.3 Å². The molecule has 0 radical (unpaired) electrons. The summed E-state index contributed by atoms with van der Waals surface area (Å²) in [6.45, 7) is 0.314. The Labute approximate surface area is 114 Å². The smallest absolute Gasteiger partial charge is 0.352 e. The van der Waals surface area contributed by atoms with Crippen LogP contribution >= 0.6 is 0 Å². The second kappa shape index (κ2) is 5.78. The lowest BCUT2D eigenvalue weighted by Gasteiger charge is -2.07. The summed E-state index contributed by atoms with van der Waals surface area (Å²) < 4.78 is 4.94. The molecule has 20 heavy (non-hydrogen) atoms. The average Bonchev–Trinajstić information content (AvgIpc) is 2.45. The molecule has 9 heteroatoms. The molecule has 0 unspecified atom stereocenters. The van der Waals surface area contributed by atoms with Gasteiger partial charge in [0, 0.05) is 18.8 Å². The predicted molar refractivity (Wildman–Crippen MR) is 71.2 cm³/mol. The maximum Gasteiger partial charge on any atom is 0.352 e. The molecule has 2 aromatic rings. The van der Waals surface area contributed by atoms with Gasteiger partial charge in [0.1, 0.15) is 6.33 Å². The highest BCUT2D eigenvalue weighted by Crippen LogP contribution is 2.26. The third-order valence-electron chi connectivity index (χ3n) is 2.50. The Hall–Kier alpha value is -2.97. The van der Waals surface area contributed by atoms with E-state index in [1.165, 1.54) is 7.11 Å². The maximum atomic E-state index is 10.9. The highest BCUT2D eigenvalue weighted by Gasteiger charge is 2.20. The van der Waals surface area contributed by atoms with Crippen LogP contribution in [0.1, 0.15) is 5.56 Å². The van der Waals surface area contributed by atoms with Gasteiger partial charge in [-0.1, -0.05) is 6.07 Å². The number of nitrogens with one attached hydrogen (secondary N) is 1. The summed E-state index contributed by atoms with van der Waals surface area (Å²) >= 11 is 0. The third-order valence-corrected chi connectivity index (χ3v) is 2.50. The van der Waals surface area contributed by atoms with E-state index in [1.807, 2.05) is 0 Å². The fraction of sp³-hybridized carbons (Fsp3) is 0.182. The topological polar surface area (TPSA) is 129 Å². The monoisotopic (exact) mass is 276 g/mol. The first-order valence-corrected chi connectivity index (χ1v) is 5.59. The number of ether oxygens (including phenoxy) is 1. The zero-order chi connectivity index (χ0) is 14.5. The zero-order valence-electron chi connectivity index (χ0n) is 10.6. The van der Waals surface area contributed by atoms with Crippen molar-refractivity contribution >= 4 is 17.3 Å². The minimum absolute atomic E-state index is 0.0679. The average molecular weight is 276 g/mol. The molecule has 0 bridgehead atoms. The van der Waals surface area contributed by atoms with Gasteiger partial charge in [-0.25, -0.2) is 15.0 Å². The number of nitrogens with zero attached hydrogens (tertiary/aromatic N) is 4. The number of anilines is 2. The van der Waals surface area contributed by atoms with Crippen LogP contribution in [0, 0.1) is 10.1 Å². The molecule has 0 aromatic carbocycles. The number of nitro groups is 1. The van der Waals surface area contributed by atoms with E-state index in [0.717, 1.165) is 11.9 Å². The Morgan fingerprint density at radius 1 is 1.40 bits per heavy atom. The van der Waals surface area contributed by atoms with Crippen LogP contribution in [-0.4, -0.2) is 27.0 Å². The van der Waals surface area contributed by atoms with Crippen LogP contribution in [0.4, 0.5) is 17.3 Å². The molecule has 3 N–H and O–H groups in total. The summed E-state index contributed by atoms with van der Waals surface area (Å²) in [5.74, 6) is 0.379. The summed E-state index contributed by atoms with van der Waals surface area (Å²) in [5.41, 5.74) is 5.95. The molecule has 0 aliphatic heterocycles. The van der Waals surface area contributed by atoms with Crippen molar-refractivity contribution in [2.75, 3.05) is 18.2 Å². The molecule has 9 nitrogen and oxygen atoms in total. The van der Waals surface area contributed by atoms with Crippen molar-refractivity contribution < 1.29 is 9.66 Å². The molecule has 2 aromatic heterocycles. The van der Waals surface area contributed by atoms with E-state index in [9.17, 15) is 10.1 Å². The van der Waals surface area contributed by atoms with Gasteiger partial charge in [-0.05, 0) is 5.56 Å². The lowest BCUT2D eigenvalue weighted by molar-refractivity contribution is -0.383. The van der Waals surface area contributed by atoms with Crippen LogP contribution in [0.25, 0.3) is 0 Å². The molecular formula is C11H12N6O3. The van der Waals surface area contributed by atoms with Gasteiger partial charge >= 0.3 is 5.69 Å². The number of nitrogens with two attached hydrogens (primary N) is 1. The molecule has 0 amide bonds. The van der Waals surface area contributed by atoms with Crippen molar-refractivity contribution in [1.82, 2.24) is 15.0 Å². The second-order valence-corrected chi connectivity index (χ2v) is 3.78.